The van der Waals surface area contributed by atoms with Crippen LogP contribution in [0.3, 0.4) is 0 Å². The zero-order valence-electron chi connectivity index (χ0n) is 9.70. The number of hydrogen-bond acceptors (Lipinski definition) is 2. The largest absolute Gasteiger partial charge is 0.398 e. The van der Waals surface area contributed by atoms with Crippen molar-refractivity contribution in [3.05, 3.63) is 57.0 Å². The van der Waals surface area contributed by atoms with Crippen LogP contribution in [-0.4, -0.2) is 4.21 Å². The van der Waals surface area contributed by atoms with Gasteiger partial charge in [-0.25, -0.2) is 0 Å². The molecule has 0 saturated carbocycles. The fourth-order valence-corrected chi connectivity index (χ4v) is 3.75. The maximum Gasteiger partial charge on any atom is 0.0621 e. The van der Waals surface area contributed by atoms with Crippen LogP contribution in [0.15, 0.2) is 41.3 Å². The van der Waals surface area contributed by atoms with E-state index in [-0.39, 0.29) is 5.75 Å². The molecule has 0 radical (unpaired) electrons. The van der Waals surface area contributed by atoms with Crippen LogP contribution in [0.1, 0.15) is 5.56 Å². The molecule has 2 N–H and O–H groups in total. The van der Waals surface area contributed by atoms with E-state index in [9.17, 15) is 4.21 Å². The summed E-state index contributed by atoms with van der Waals surface area (Å²) in [6, 6.07) is 10.0. The lowest BCUT2D eigenvalue weighted by Crippen LogP contribution is -2.02. The Hall–Kier alpha value is -0.740. The molecular formula is C13H10Cl3NOS. The lowest BCUT2D eigenvalue weighted by molar-refractivity contribution is 0.683. The minimum Gasteiger partial charge on any atom is -0.398 e. The Balaban J connectivity index is 2.31. The summed E-state index contributed by atoms with van der Waals surface area (Å²) in [6.45, 7) is 0. The van der Waals surface area contributed by atoms with Crippen LogP contribution >= 0.6 is 34.8 Å². The second-order valence-corrected chi connectivity index (χ2v) is 6.54. The van der Waals surface area contributed by atoms with Gasteiger partial charge in [0.1, 0.15) is 0 Å². The highest BCUT2D eigenvalue weighted by Gasteiger charge is 2.13. The molecule has 0 aliphatic heterocycles. The Morgan fingerprint density at radius 2 is 1.68 bits per heavy atom. The zero-order valence-corrected chi connectivity index (χ0v) is 12.8. The molecule has 0 saturated heterocycles. The first-order valence-corrected chi connectivity index (χ1v) is 7.80. The van der Waals surface area contributed by atoms with Crippen molar-refractivity contribution in [3.8, 4) is 0 Å². The molecule has 0 bridgehead atoms. The monoisotopic (exact) mass is 333 g/mol. The molecule has 6 heteroatoms. The van der Waals surface area contributed by atoms with Crippen molar-refractivity contribution in [2.75, 3.05) is 5.73 Å². The van der Waals surface area contributed by atoms with Crippen molar-refractivity contribution in [1.29, 1.82) is 0 Å². The third-order valence-corrected chi connectivity index (χ3v) is 4.91. The molecule has 0 amide bonds. The van der Waals surface area contributed by atoms with Gasteiger partial charge in [0, 0.05) is 26.3 Å². The molecule has 0 aromatic heterocycles. The lowest BCUT2D eigenvalue weighted by Gasteiger charge is -2.09. The Morgan fingerprint density at radius 1 is 1.05 bits per heavy atom. The number of anilines is 1. The number of benzene rings is 2. The molecule has 2 rings (SSSR count). The van der Waals surface area contributed by atoms with Gasteiger partial charge in [-0.1, -0.05) is 40.9 Å². The van der Waals surface area contributed by atoms with Crippen molar-refractivity contribution < 1.29 is 4.21 Å². The molecule has 1 atom stereocenters. The molecular weight excluding hydrogens is 325 g/mol. The van der Waals surface area contributed by atoms with Gasteiger partial charge < -0.3 is 5.73 Å². The Labute approximate surface area is 128 Å². The van der Waals surface area contributed by atoms with Crippen molar-refractivity contribution in [3.63, 3.8) is 0 Å². The molecule has 0 aliphatic rings. The minimum absolute atomic E-state index is 0.213. The first-order valence-electron chi connectivity index (χ1n) is 5.35. The van der Waals surface area contributed by atoms with Crippen LogP contribution in [0.5, 0.6) is 0 Å². The second-order valence-electron chi connectivity index (χ2n) is 3.87. The highest BCUT2D eigenvalue weighted by Crippen LogP contribution is 2.29. The first kappa shape index (κ1) is 14.7. The number of rotatable bonds is 3. The topological polar surface area (TPSA) is 43.1 Å². The summed E-state index contributed by atoms with van der Waals surface area (Å²) < 4.78 is 12.3. The predicted molar refractivity (Wildman–Crippen MR) is 82.4 cm³/mol. The van der Waals surface area contributed by atoms with Gasteiger partial charge in [-0.3, -0.25) is 4.21 Å². The SMILES string of the molecule is Nc1cc(Cl)ccc1S(=O)Cc1c(Cl)cccc1Cl. The van der Waals surface area contributed by atoms with E-state index >= 15 is 0 Å². The molecule has 2 aromatic rings. The van der Waals surface area contributed by atoms with Crippen molar-refractivity contribution in [2.24, 2.45) is 0 Å². The van der Waals surface area contributed by atoms with Crippen molar-refractivity contribution in [1.82, 2.24) is 0 Å². The third-order valence-electron chi connectivity index (χ3n) is 2.55. The summed E-state index contributed by atoms with van der Waals surface area (Å²) in [5, 5.41) is 1.50. The van der Waals surface area contributed by atoms with Crippen molar-refractivity contribution in [2.45, 2.75) is 10.6 Å². The molecule has 100 valence electrons. The van der Waals surface area contributed by atoms with Gasteiger partial charge in [-0.05, 0) is 30.3 Å². The van der Waals surface area contributed by atoms with Crippen LogP contribution in [0.4, 0.5) is 5.69 Å². The van der Waals surface area contributed by atoms with E-state index in [0.717, 1.165) is 0 Å². The summed E-state index contributed by atoms with van der Waals surface area (Å²) in [5.74, 6) is 0.213. The molecule has 0 fully saturated rings. The van der Waals surface area contributed by atoms with Gasteiger partial charge in [0.05, 0.1) is 21.4 Å². The highest BCUT2D eigenvalue weighted by molar-refractivity contribution is 7.84. The Morgan fingerprint density at radius 3 is 2.26 bits per heavy atom. The van der Waals surface area contributed by atoms with E-state index in [2.05, 4.69) is 0 Å². The summed E-state index contributed by atoms with van der Waals surface area (Å²) in [6.07, 6.45) is 0. The maximum absolute atomic E-state index is 12.3. The molecule has 19 heavy (non-hydrogen) atoms. The van der Waals surface area contributed by atoms with E-state index in [0.29, 0.717) is 31.2 Å². The molecule has 1 unspecified atom stereocenters. The molecule has 0 heterocycles. The average molecular weight is 335 g/mol. The zero-order chi connectivity index (χ0) is 14.0. The van der Waals surface area contributed by atoms with Gasteiger partial charge in [0.2, 0.25) is 0 Å². The fourth-order valence-electron chi connectivity index (χ4n) is 1.61. The summed E-state index contributed by atoms with van der Waals surface area (Å²) in [7, 11) is -1.33. The third kappa shape index (κ3) is 3.42. The van der Waals surface area contributed by atoms with Crippen LogP contribution in [0.25, 0.3) is 0 Å². The molecule has 0 aliphatic carbocycles. The van der Waals surface area contributed by atoms with Gasteiger partial charge in [-0.2, -0.15) is 0 Å². The number of nitrogen functional groups attached to an aromatic ring is 1. The molecule has 2 aromatic carbocycles. The standard InChI is InChI=1S/C13H10Cl3NOS/c14-8-4-5-13(12(17)6-8)19(18)7-9-10(15)2-1-3-11(9)16/h1-6H,7,17H2. The molecule has 2 nitrogen and oxygen atoms in total. The van der Waals surface area contributed by atoms with Crippen LogP contribution in [0.2, 0.25) is 15.1 Å². The molecule has 0 spiro atoms. The maximum atomic E-state index is 12.3. The van der Waals surface area contributed by atoms with E-state index < -0.39 is 10.8 Å². The summed E-state index contributed by atoms with van der Waals surface area (Å²) in [5.41, 5.74) is 6.86. The first-order chi connectivity index (χ1) is 8.99. The fraction of sp³-hybridized carbons (Fsp3) is 0.0769. The summed E-state index contributed by atoms with van der Waals surface area (Å²) in [4.78, 5) is 0.528. The van der Waals surface area contributed by atoms with Gasteiger partial charge in [0.25, 0.3) is 0 Å². The van der Waals surface area contributed by atoms with Crippen LogP contribution in [0, 0.1) is 0 Å². The second kappa shape index (κ2) is 6.14. The number of halogens is 3. The van der Waals surface area contributed by atoms with Gasteiger partial charge in [-0.15, -0.1) is 0 Å². The minimum atomic E-state index is -1.33. The smallest absolute Gasteiger partial charge is 0.0621 e. The van der Waals surface area contributed by atoms with E-state index in [1.165, 1.54) is 0 Å². The van der Waals surface area contributed by atoms with Crippen molar-refractivity contribution >= 4 is 51.3 Å². The van der Waals surface area contributed by atoms with Gasteiger partial charge >= 0.3 is 0 Å². The summed E-state index contributed by atoms with van der Waals surface area (Å²) >= 11 is 17.9. The number of hydrogen-bond donors (Lipinski definition) is 1. The lowest BCUT2D eigenvalue weighted by atomic mass is 10.2. The van der Waals surface area contributed by atoms with E-state index in [4.69, 9.17) is 40.5 Å². The van der Waals surface area contributed by atoms with Crippen LogP contribution < -0.4 is 5.73 Å². The Kier molecular flexibility index (Phi) is 4.74. The highest BCUT2D eigenvalue weighted by atomic mass is 35.5. The van der Waals surface area contributed by atoms with Gasteiger partial charge in [0.15, 0.2) is 0 Å². The quantitative estimate of drug-likeness (QED) is 0.838. The van der Waals surface area contributed by atoms with Crippen LogP contribution in [-0.2, 0) is 16.6 Å². The Bertz CT molecular complexity index is 626. The van der Waals surface area contributed by atoms with E-state index in [1.54, 1.807) is 36.4 Å². The average Bonchev–Trinajstić information content (AvgIpc) is 2.33. The predicted octanol–water partition coefficient (Wildman–Crippen LogP) is 4.54. The normalized spacial score (nSPS) is 12.4. The number of nitrogens with two attached hydrogens (primary N) is 1. The van der Waals surface area contributed by atoms with E-state index in [1.807, 2.05) is 0 Å².